The number of anilines is 1. The van der Waals surface area contributed by atoms with Gasteiger partial charge in [-0.2, -0.15) is 5.26 Å². The third-order valence-corrected chi connectivity index (χ3v) is 4.75. The number of halogens is 1. The van der Waals surface area contributed by atoms with Gasteiger partial charge in [0.2, 0.25) is 5.91 Å². The fourth-order valence-electron chi connectivity index (χ4n) is 3.48. The van der Waals surface area contributed by atoms with Crippen LogP contribution in [0.3, 0.4) is 0 Å². The zero-order chi connectivity index (χ0) is 16.2. The van der Waals surface area contributed by atoms with Crippen LogP contribution in [0.2, 0.25) is 0 Å². The fraction of sp³-hybridized carbons (Fsp3) is 0.529. The number of hydrogen-bond donors (Lipinski definition) is 1. The van der Waals surface area contributed by atoms with Crippen LogP contribution in [-0.2, 0) is 4.79 Å². The van der Waals surface area contributed by atoms with Gasteiger partial charge in [-0.15, -0.1) is 0 Å². The molecule has 2 aliphatic rings. The van der Waals surface area contributed by atoms with Crippen LogP contribution in [-0.4, -0.2) is 49.6 Å². The molecule has 0 aromatic heterocycles. The summed E-state index contributed by atoms with van der Waals surface area (Å²) in [6.45, 7) is 4.19. The highest BCUT2D eigenvalue weighted by Crippen LogP contribution is 2.24. The Balaban J connectivity index is 1.62. The molecule has 2 saturated heterocycles. The van der Waals surface area contributed by atoms with Crippen molar-refractivity contribution >= 4 is 11.6 Å². The van der Waals surface area contributed by atoms with E-state index in [9.17, 15) is 14.4 Å². The van der Waals surface area contributed by atoms with E-state index in [-0.39, 0.29) is 11.7 Å². The van der Waals surface area contributed by atoms with Crippen LogP contribution in [0.4, 0.5) is 10.1 Å². The van der Waals surface area contributed by atoms with Gasteiger partial charge in [-0.1, -0.05) is 0 Å². The normalized spacial score (nSPS) is 23.0. The highest BCUT2D eigenvalue weighted by atomic mass is 19.1. The lowest BCUT2D eigenvalue weighted by Crippen LogP contribution is -2.50. The number of carbonyl (C=O) groups is 1. The van der Waals surface area contributed by atoms with Gasteiger partial charge in [0.05, 0.1) is 11.3 Å². The first-order chi connectivity index (χ1) is 11.2. The van der Waals surface area contributed by atoms with E-state index in [0.29, 0.717) is 18.0 Å². The molecule has 1 atom stereocenters. The predicted octanol–water partition coefficient (Wildman–Crippen LogP) is 1.49. The molecule has 3 rings (SSSR count). The monoisotopic (exact) mass is 316 g/mol. The molecule has 122 valence electrons. The molecule has 0 unspecified atom stereocenters. The Hall–Kier alpha value is -2.13. The SMILES string of the molecule is N#Cc1cc(F)ccc1N1CCN([C@H]2CCNC(=O)CC2)CC1. The molecule has 0 radical (unpaired) electrons. The first kappa shape index (κ1) is 15.8. The van der Waals surface area contributed by atoms with Crippen molar-refractivity contribution in [2.75, 3.05) is 37.6 Å². The number of amides is 1. The molecule has 1 aromatic rings. The van der Waals surface area contributed by atoms with Crippen LogP contribution in [0, 0.1) is 17.1 Å². The molecule has 6 heteroatoms. The van der Waals surface area contributed by atoms with Crippen molar-refractivity contribution < 1.29 is 9.18 Å². The Morgan fingerprint density at radius 1 is 1.22 bits per heavy atom. The maximum atomic E-state index is 13.3. The van der Waals surface area contributed by atoms with Crippen LogP contribution in [0.25, 0.3) is 0 Å². The number of rotatable bonds is 2. The number of benzene rings is 1. The van der Waals surface area contributed by atoms with E-state index in [1.807, 2.05) is 0 Å². The molecular weight excluding hydrogens is 295 g/mol. The molecule has 0 aliphatic carbocycles. The van der Waals surface area contributed by atoms with E-state index >= 15 is 0 Å². The summed E-state index contributed by atoms with van der Waals surface area (Å²) in [4.78, 5) is 16.0. The van der Waals surface area contributed by atoms with Crippen LogP contribution >= 0.6 is 0 Å². The first-order valence-electron chi connectivity index (χ1n) is 8.13. The first-order valence-corrected chi connectivity index (χ1v) is 8.13. The standard InChI is InChI=1S/C17H21FN4O/c18-14-1-3-16(13(11-14)12-19)22-9-7-21(8-10-22)15-2-4-17(23)20-6-5-15/h1,3,11,15H,2,4-10H2,(H,20,23)/t15-/m1/s1. The van der Waals surface area contributed by atoms with E-state index in [1.54, 1.807) is 6.07 Å². The summed E-state index contributed by atoms with van der Waals surface area (Å²) < 4.78 is 13.3. The summed E-state index contributed by atoms with van der Waals surface area (Å²) in [5.41, 5.74) is 1.20. The van der Waals surface area contributed by atoms with E-state index < -0.39 is 0 Å². The van der Waals surface area contributed by atoms with Gasteiger partial charge in [0.1, 0.15) is 11.9 Å². The van der Waals surface area contributed by atoms with Crippen molar-refractivity contribution in [3.8, 4) is 6.07 Å². The quantitative estimate of drug-likeness (QED) is 0.898. The van der Waals surface area contributed by atoms with Crippen molar-refractivity contribution in [3.05, 3.63) is 29.6 Å². The molecule has 0 bridgehead atoms. The van der Waals surface area contributed by atoms with Gasteiger partial charge in [0.15, 0.2) is 0 Å². The van der Waals surface area contributed by atoms with Crippen molar-refractivity contribution in [3.63, 3.8) is 0 Å². The lowest BCUT2D eigenvalue weighted by molar-refractivity contribution is -0.120. The maximum Gasteiger partial charge on any atom is 0.220 e. The van der Waals surface area contributed by atoms with E-state index in [1.165, 1.54) is 12.1 Å². The predicted molar refractivity (Wildman–Crippen MR) is 85.5 cm³/mol. The van der Waals surface area contributed by atoms with Gasteiger partial charge < -0.3 is 10.2 Å². The highest BCUT2D eigenvalue weighted by Gasteiger charge is 2.26. The Kier molecular flexibility index (Phi) is 4.77. The molecule has 5 nitrogen and oxygen atoms in total. The number of nitriles is 1. The third kappa shape index (κ3) is 3.62. The number of hydrogen-bond acceptors (Lipinski definition) is 4. The summed E-state index contributed by atoms with van der Waals surface area (Å²) in [5, 5.41) is 12.1. The molecule has 1 N–H and O–H groups in total. The second kappa shape index (κ2) is 6.97. The summed E-state index contributed by atoms with van der Waals surface area (Å²) in [6, 6.07) is 6.92. The minimum atomic E-state index is -0.375. The van der Waals surface area contributed by atoms with Crippen molar-refractivity contribution in [1.29, 1.82) is 5.26 Å². The molecule has 2 heterocycles. The average Bonchev–Trinajstić information content (AvgIpc) is 2.79. The minimum Gasteiger partial charge on any atom is -0.368 e. The van der Waals surface area contributed by atoms with Crippen LogP contribution in [0.15, 0.2) is 18.2 Å². The van der Waals surface area contributed by atoms with Gasteiger partial charge in [-0.05, 0) is 31.0 Å². The van der Waals surface area contributed by atoms with Gasteiger partial charge in [-0.25, -0.2) is 4.39 Å². The van der Waals surface area contributed by atoms with Gasteiger partial charge in [0, 0.05) is 45.2 Å². The van der Waals surface area contributed by atoms with Crippen molar-refractivity contribution in [2.24, 2.45) is 0 Å². The van der Waals surface area contributed by atoms with Gasteiger partial charge >= 0.3 is 0 Å². The molecule has 1 amide bonds. The number of carbonyl (C=O) groups excluding carboxylic acids is 1. The van der Waals surface area contributed by atoms with E-state index in [4.69, 9.17) is 0 Å². The van der Waals surface area contributed by atoms with E-state index in [2.05, 4.69) is 21.2 Å². The Morgan fingerprint density at radius 3 is 2.74 bits per heavy atom. The summed E-state index contributed by atoms with van der Waals surface area (Å²) >= 11 is 0. The third-order valence-electron chi connectivity index (χ3n) is 4.75. The Bertz CT molecular complexity index is 620. The fourth-order valence-corrected chi connectivity index (χ4v) is 3.48. The number of piperazine rings is 1. The maximum absolute atomic E-state index is 13.3. The minimum absolute atomic E-state index is 0.149. The smallest absolute Gasteiger partial charge is 0.220 e. The number of nitrogens with zero attached hydrogens (tertiary/aromatic N) is 3. The lowest BCUT2D eigenvalue weighted by atomic mass is 10.1. The Morgan fingerprint density at radius 2 is 2.00 bits per heavy atom. The van der Waals surface area contributed by atoms with Crippen LogP contribution in [0.1, 0.15) is 24.8 Å². The van der Waals surface area contributed by atoms with Crippen LogP contribution in [0.5, 0.6) is 0 Å². The molecule has 1 aromatic carbocycles. The second-order valence-electron chi connectivity index (χ2n) is 6.13. The molecule has 0 saturated carbocycles. The van der Waals surface area contributed by atoms with Crippen molar-refractivity contribution in [1.82, 2.24) is 10.2 Å². The highest BCUT2D eigenvalue weighted by molar-refractivity contribution is 5.76. The van der Waals surface area contributed by atoms with E-state index in [0.717, 1.165) is 51.3 Å². The summed E-state index contributed by atoms with van der Waals surface area (Å²) in [6.07, 6.45) is 2.50. The van der Waals surface area contributed by atoms with Gasteiger partial charge in [0.25, 0.3) is 0 Å². The molecule has 23 heavy (non-hydrogen) atoms. The Labute approximate surface area is 135 Å². The molecule has 2 aliphatic heterocycles. The van der Waals surface area contributed by atoms with Crippen LogP contribution < -0.4 is 10.2 Å². The molecule has 0 spiro atoms. The number of nitrogens with one attached hydrogen (secondary N) is 1. The zero-order valence-electron chi connectivity index (χ0n) is 13.1. The molecular formula is C17H21FN4O. The molecule has 2 fully saturated rings. The summed E-state index contributed by atoms with van der Waals surface area (Å²) in [7, 11) is 0. The topological polar surface area (TPSA) is 59.4 Å². The van der Waals surface area contributed by atoms with Crippen molar-refractivity contribution in [2.45, 2.75) is 25.3 Å². The lowest BCUT2D eigenvalue weighted by Gasteiger charge is -2.40. The zero-order valence-corrected chi connectivity index (χ0v) is 13.1. The van der Waals surface area contributed by atoms with Gasteiger partial charge in [-0.3, -0.25) is 9.69 Å². The second-order valence-corrected chi connectivity index (χ2v) is 6.13. The summed E-state index contributed by atoms with van der Waals surface area (Å²) in [5.74, 6) is -0.226. The largest absolute Gasteiger partial charge is 0.368 e. The average molecular weight is 316 g/mol.